The van der Waals surface area contributed by atoms with Crippen molar-refractivity contribution in [2.24, 2.45) is 23.7 Å². The van der Waals surface area contributed by atoms with Gasteiger partial charge in [-0.3, -0.25) is 4.79 Å². The number of hydrogen-bond donors (Lipinski definition) is 2. The highest BCUT2D eigenvalue weighted by atomic mass is 16.5. The lowest BCUT2D eigenvalue weighted by Gasteiger charge is -2.29. The van der Waals surface area contributed by atoms with Crippen molar-refractivity contribution in [1.29, 1.82) is 0 Å². The second-order valence-corrected chi connectivity index (χ2v) is 6.47. The monoisotopic (exact) mass is 267 g/mol. The van der Waals surface area contributed by atoms with E-state index in [9.17, 15) is 9.90 Å². The summed E-state index contributed by atoms with van der Waals surface area (Å²) >= 11 is 0. The summed E-state index contributed by atoms with van der Waals surface area (Å²) in [6.45, 7) is 1.57. The summed E-state index contributed by atoms with van der Waals surface area (Å²) in [6.07, 6.45) is 6.77. The molecule has 0 aromatic rings. The third-order valence-electron chi connectivity index (χ3n) is 4.87. The lowest BCUT2D eigenvalue weighted by molar-refractivity contribution is -0.130. The van der Waals surface area contributed by atoms with Crippen molar-refractivity contribution in [2.75, 3.05) is 19.8 Å². The van der Waals surface area contributed by atoms with Crippen molar-refractivity contribution in [3.8, 4) is 0 Å². The minimum absolute atomic E-state index is 0.0218. The number of amides is 1. The zero-order chi connectivity index (χ0) is 13.2. The van der Waals surface area contributed by atoms with Gasteiger partial charge in [-0.1, -0.05) is 0 Å². The molecule has 4 heteroatoms. The smallest absolute Gasteiger partial charge is 0.225 e. The topological polar surface area (TPSA) is 58.6 Å². The molecule has 0 radical (unpaired) electrons. The van der Waals surface area contributed by atoms with Crippen molar-refractivity contribution in [2.45, 2.75) is 44.6 Å². The van der Waals surface area contributed by atoms with Crippen LogP contribution in [0.5, 0.6) is 0 Å². The van der Waals surface area contributed by atoms with E-state index >= 15 is 0 Å². The van der Waals surface area contributed by atoms with Crippen LogP contribution in [-0.2, 0) is 9.53 Å². The van der Waals surface area contributed by atoms with E-state index in [1.165, 1.54) is 25.7 Å². The molecule has 2 N–H and O–H groups in total. The van der Waals surface area contributed by atoms with Crippen LogP contribution in [-0.4, -0.2) is 36.9 Å². The van der Waals surface area contributed by atoms with Crippen molar-refractivity contribution in [1.82, 2.24) is 5.32 Å². The van der Waals surface area contributed by atoms with Crippen LogP contribution >= 0.6 is 0 Å². The Morgan fingerprint density at radius 3 is 2.47 bits per heavy atom. The van der Waals surface area contributed by atoms with Crippen LogP contribution in [0.2, 0.25) is 0 Å². The quantitative estimate of drug-likeness (QED) is 0.763. The summed E-state index contributed by atoms with van der Waals surface area (Å²) in [5.74, 6) is 1.69. The SMILES string of the molecule is O=C(N[C@H](C1CC1)[C@@H](CO)C1CC1)[C@H]1CCCOC1. The Balaban J connectivity index is 1.58. The molecular weight excluding hydrogens is 242 g/mol. The van der Waals surface area contributed by atoms with Gasteiger partial charge in [-0.25, -0.2) is 0 Å². The van der Waals surface area contributed by atoms with Gasteiger partial charge in [0, 0.05) is 25.2 Å². The number of ether oxygens (including phenoxy) is 1. The molecule has 19 heavy (non-hydrogen) atoms. The van der Waals surface area contributed by atoms with E-state index in [2.05, 4.69) is 5.32 Å². The molecule has 0 aromatic heterocycles. The molecule has 0 unspecified atom stereocenters. The van der Waals surface area contributed by atoms with Gasteiger partial charge in [0.2, 0.25) is 5.91 Å². The van der Waals surface area contributed by atoms with E-state index in [4.69, 9.17) is 4.74 Å². The number of aliphatic hydroxyl groups is 1. The van der Waals surface area contributed by atoms with Crippen molar-refractivity contribution >= 4 is 5.91 Å². The third-order valence-corrected chi connectivity index (χ3v) is 4.87. The summed E-state index contributed by atoms with van der Waals surface area (Å²) in [5, 5.41) is 12.9. The molecule has 2 aliphatic carbocycles. The lowest BCUT2D eigenvalue weighted by Crippen LogP contribution is -2.47. The standard InChI is InChI=1S/C15H25NO3/c17-8-13(10-3-4-10)14(11-5-6-11)16-15(18)12-2-1-7-19-9-12/h10-14,17H,1-9H2,(H,16,18)/t12-,13-,14+/m0/s1. The fraction of sp³-hybridized carbons (Fsp3) is 0.933. The van der Waals surface area contributed by atoms with Crippen LogP contribution in [0.1, 0.15) is 38.5 Å². The Labute approximate surface area is 114 Å². The number of rotatable bonds is 6. The summed E-state index contributed by atoms with van der Waals surface area (Å²) in [4.78, 5) is 12.3. The molecule has 3 aliphatic rings. The fourth-order valence-electron chi connectivity index (χ4n) is 3.34. The number of carbonyl (C=O) groups is 1. The molecule has 108 valence electrons. The van der Waals surface area contributed by atoms with Gasteiger partial charge in [0.25, 0.3) is 0 Å². The Kier molecular flexibility index (Phi) is 4.08. The Bertz CT molecular complexity index is 319. The molecule has 1 heterocycles. The molecule has 2 saturated carbocycles. The zero-order valence-corrected chi connectivity index (χ0v) is 11.5. The summed E-state index contributed by atoms with van der Waals surface area (Å²) in [7, 11) is 0. The normalized spacial score (nSPS) is 30.7. The molecule has 3 atom stereocenters. The van der Waals surface area contributed by atoms with Crippen molar-refractivity contribution < 1.29 is 14.6 Å². The van der Waals surface area contributed by atoms with Crippen LogP contribution in [0.25, 0.3) is 0 Å². The van der Waals surface area contributed by atoms with Gasteiger partial charge in [-0.05, 0) is 50.4 Å². The van der Waals surface area contributed by atoms with E-state index in [0.29, 0.717) is 18.4 Å². The molecule has 1 aliphatic heterocycles. The van der Waals surface area contributed by atoms with E-state index in [1.54, 1.807) is 0 Å². The first-order chi connectivity index (χ1) is 9.29. The molecule has 0 aromatic carbocycles. The molecular formula is C15H25NO3. The van der Waals surface area contributed by atoms with Gasteiger partial charge >= 0.3 is 0 Å². The first-order valence-electron chi connectivity index (χ1n) is 7.78. The molecule has 3 fully saturated rings. The van der Waals surface area contributed by atoms with Crippen LogP contribution in [0.4, 0.5) is 0 Å². The maximum absolute atomic E-state index is 12.3. The van der Waals surface area contributed by atoms with Gasteiger partial charge in [0.1, 0.15) is 0 Å². The molecule has 1 saturated heterocycles. The fourth-order valence-corrected chi connectivity index (χ4v) is 3.34. The molecule has 1 amide bonds. The first kappa shape index (κ1) is 13.4. The van der Waals surface area contributed by atoms with Crippen LogP contribution in [0.3, 0.4) is 0 Å². The third kappa shape index (κ3) is 3.29. The minimum atomic E-state index is 0.0218. The van der Waals surface area contributed by atoms with E-state index in [-0.39, 0.29) is 30.4 Å². The van der Waals surface area contributed by atoms with E-state index in [1.807, 2.05) is 0 Å². The van der Waals surface area contributed by atoms with Gasteiger partial charge in [-0.15, -0.1) is 0 Å². The Morgan fingerprint density at radius 1 is 1.21 bits per heavy atom. The van der Waals surface area contributed by atoms with Crippen LogP contribution in [0, 0.1) is 23.7 Å². The minimum Gasteiger partial charge on any atom is -0.396 e. The number of carbonyl (C=O) groups excluding carboxylic acids is 1. The summed E-state index contributed by atoms with van der Waals surface area (Å²) < 4.78 is 5.40. The molecule has 0 bridgehead atoms. The Morgan fingerprint density at radius 2 is 1.95 bits per heavy atom. The zero-order valence-electron chi connectivity index (χ0n) is 11.5. The van der Waals surface area contributed by atoms with Crippen LogP contribution < -0.4 is 5.32 Å². The average Bonchev–Trinajstić information content (AvgIpc) is 3.29. The van der Waals surface area contributed by atoms with Crippen molar-refractivity contribution in [3.05, 3.63) is 0 Å². The summed E-state index contributed by atoms with van der Waals surface area (Å²) in [5.41, 5.74) is 0. The highest BCUT2D eigenvalue weighted by Crippen LogP contribution is 2.45. The maximum atomic E-state index is 12.3. The van der Waals surface area contributed by atoms with Gasteiger partial charge in [0.15, 0.2) is 0 Å². The molecule has 4 nitrogen and oxygen atoms in total. The lowest BCUT2D eigenvalue weighted by atomic mass is 9.90. The molecule has 0 spiro atoms. The second kappa shape index (κ2) is 5.80. The maximum Gasteiger partial charge on any atom is 0.225 e. The predicted molar refractivity (Wildman–Crippen MR) is 71.5 cm³/mol. The number of nitrogens with one attached hydrogen (secondary N) is 1. The van der Waals surface area contributed by atoms with E-state index in [0.717, 1.165) is 19.4 Å². The molecule has 3 rings (SSSR count). The highest BCUT2D eigenvalue weighted by Gasteiger charge is 2.44. The summed E-state index contributed by atoms with van der Waals surface area (Å²) in [6, 6.07) is 0.201. The van der Waals surface area contributed by atoms with Gasteiger partial charge < -0.3 is 15.2 Å². The van der Waals surface area contributed by atoms with E-state index < -0.39 is 0 Å². The van der Waals surface area contributed by atoms with Gasteiger partial charge in [-0.2, -0.15) is 0 Å². The number of aliphatic hydroxyl groups excluding tert-OH is 1. The van der Waals surface area contributed by atoms with Gasteiger partial charge in [0.05, 0.1) is 12.5 Å². The van der Waals surface area contributed by atoms with Crippen molar-refractivity contribution in [3.63, 3.8) is 0 Å². The first-order valence-corrected chi connectivity index (χ1v) is 7.78. The second-order valence-electron chi connectivity index (χ2n) is 6.47. The number of hydrogen-bond acceptors (Lipinski definition) is 3. The largest absolute Gasteiger partial charge is 0.396 e. The highest BCUT2D eigenvalue weighted by molar-refractivity contribution is 5.79. The van der Waals surface area contributed by atoms with Crippen LogP contribution in [0.15, 0.2) is 0 Å². The Hall–Kier alpha value is -0.610. The average molecular weight is 267 g/mol. The predicted octanol–water partition coefficient (Wildman–Crippen LogP) is 1.33.